The molecule has 0 unspecified atom stereocenters. The first-order valence-electron chi connectivity index (χ1n) is 7.57. The Labute approximate surface area is 124 Å². The van der Waals surface area contributed by atoms with Gasteiger partial charge in [0.25, 0.3) is 5.56 Å². The van der Waals surface area contributed by atoms with Crippen LogP contribution in [0, 0.1) is 5.41 Å². The van der Waals surface area contributed by atoms with E-state index in [4.69, 9.17) is 0 Å². The molecule has 1 spiro atoms. The number of hydrogen-bond acceptors (Lipinski definition) is 4. The highest BCUT2D eigenvalue weighted by Gasteiger charge is 2.42. The molecular formula is C15H24N4O2. The first kappa shape index (κ1) is 14.5. The lowest BCUT2D eigenvalue weighted by atomic mass is 9.86. The van der Waals surface area contributed by atoms with Gasteiger partial charge in [0.2, 0.25) is 0 Å². The Morgan fingerprint density at radius 2 is 1.76 bits per heavy atom. The van der Waals surface area contributed by atoms with Crippen LogP contribution in [0.1, 0.15) is 18.5 Å². The summed E-state index contributed by atoms with van der Waals surface area (Å²) in [6.45, 7) is 5.16. The maximum atomic E-state index is 12.0. The molecule has 0 aliphatic carbocycles. The molecule has 2 fully saturated rings. The lowest BCUT2D eigenvalue weighted by Crippen LogP contribution is -2.39. The van der Waals surface area contributed by atoms with Gasteiger partial charge < -0.3 is 4.90 Å². The van der Waals surface area contributed by atoms with Crippen LogP contribution < -0.4 is 11.2 Å². The van der Waals surface area contributed by atoms with E-state index in [-0.39, 0.29) is 11.2 Å². The maximum Gasteiger partial charge on any atom is 0.330 e. The quantitative estimate of drug-likeness (QED) is 0.745. The fraction of sp³-hybridized carbons (Fsp3) is 0.733. The highest BCUT2D eigenvalue weighted by molar-refractivity contribution is 5.04. The Morgan fingerprint density at radius 1 is 1.05 bits per heavy atom. The fourth-order valence-corrected chi connectivity index (χ4v) is 3.81. The number of aromatic nitrogens is 2. The summed E-state index contributed by atoms with van der Waals surface area (Å²) in [5.74, 6) is 0. The van der Waals surface area contributed by atoms with Gasteiger partial charge in [-0.25, -0.2) is 4.79 Å². The fourth-order valence-electron chi connectivity index (χ4n) is 3.81. The summed E-state index contributed by atoms with van der Waals surface area (Å²) in [5.41, 5.74) is 0.772. The van der Waals surface area contributed by atoms with Crippen LogP contribution >= 0.6 is 0 Å². The van der Waals surface area contributed by atoms with Crippen molar-refractivity contribution >= 4 is 0 Å². The van der Waals surface area contributed by atoms with Gasteiger partial charge in [-0.1, -0.05) is 0 Å². The van der Waals surface area contributed by atoms with Gasteiger partial charge in [-0.2, -0.15) is 0 Å². The molecule has 0 aromatic carbocycles. The van der Waals surface area contributed by atoms with E-state index in [1.54, 1.807) is 17.7 Å². The highest BCUT2D eigenvalue weighted by atomic mass is 16.2. The molecule has 0 radical (unpaired) electrons. The van der Waals surface area contributed by atoms with Crippen LogP contribution in [-0.2, 0) is 20.6 Å². The van der Waals surface area contributed by atoms with Crippen LogP contribution in [-0.4, -0.2) is 52.2 Å². The third-order valence-corrected chi connectivity index (χ3v) is 5.16. The van der Waals surface area contributed by atoms with Crippen LogP contribution in [0.15, 0.2) is 15.7 Å². The average molecular weight is 292 g/mol. The first-order chi connectivity index (χ1) is 9.90. The van der Waals surface area contributed by atoms with Crippen LogP contribution in [0.2, 0.25) is 0 Å². The normalized spacial score (nSPS) is 27.0. The van der Waals surface area contributed by atoms with Gasteiger partial charge in [0.15, 0.2) is 0 Å². The maximum absolute atomic E-state index is 12.0. The van der Waals surface area contributed by atoms with E-state index in [1.807, 2.05) is 0 Å². The lowest BCUT2D eigenvalue weighted by molar-refractivity contribution is 0.246. The summed E-state index contributed by atoms with van der Waals surface area (Å²) in [4.78, 5) is 28.6. The molecule has 1 aromatic rings. The van der Waals surface area contributed by atoms with E-state index < -0.39 is 0 Å². The van der Waals surface area contributed by atoms with Crippen molar-refractivity contribution in [2.45, 2.75) is 19.4 Å². The van der Waals surface area contributed by atoms with Crippen LogP contribution in [0.4, 0.5) is 0 Å². The number of likely N-dealkylation sites (tertiary alicyclic amines) is 2. The zero-order chi connectivity index (χ0) is 15.2. The predicted molar refractivity (Wildman–Crippen MR) is 81.4 cm³/mol. The summed E-state index contributed by atoms with van der Waals surface area (Å²) in [6, 6.07) is 1.59. The van der Waals surface area contributed by atoms with E-state index in [0.29, 0.717) is 12.0 Å². The average Bonchev–Trinajstić information content (AvgIpc) is 3.00. The van der Waals surface area contributed by atoms with E-state index in [0.717, 1.165) is 23.4 Å². The molecule has 2 saturated heterocycles. The Morgan fingerprint density at radius 3 is 2.43 bits per heavy atom. The van der Waals surface area contributed by atoms with Gasteiger partial charge >= 0.3 is 5.69 Å². The molecule has 0 bridgehead atoms. The zero-order valence-electron chi connectivity index (χ0n) is 13.1. The number of rotatable bonds is 2. The molecule has 3 rings (SSSR count). The highest BCUT2D eigenvalue weighted by Crippen LogP contribution is 2.39. The molecule has 2 aliphatic rings. The van der Waals surface area contributed by atoms with Gasteiger partial charge in [-0.3, -0.25) is 18.8 Å². The Kier molecular flexibility index (Phi) is 3.53. The lowest BCUT2D eigenvalue weighted by Gasteiger charge is -2.24. The molecule has 2 aliphatic heterocycles. The van der Waals surface area contributed by atoms with E-state index in [2.05, 4.69) is 16.8 Å². The van der Waals surface area contributed by atoms with Crippen molar-refractivity contribution in [3.05, 3.63) is 32.6 Å². The van der Waals surface area contributed by atoms with Gasteiger partial charge in [0.05, 0.1) is 0 Å². The summed E-state index contributed by atoms with van der Waals surface area (Å²) in [5, 5.41) is 0. The van der Waals surface area contributed by atoms with Crippen molar-refractivity contribution in [3.8, 4) is 0 Å². The van der Waals surface area contributed by atoms with Crippen molar-refractivity contribution in [1.29, 1.82) is 0 Å². The zero-order valence-corrected chi connectivity index (χ0v) is 13.1. The summed E-state index contributed by atoms with van der Waals surface area (Å²) in [6.07, 6.45) is 2.48. The van der Waals surface area contributed by atoms with Gasteiger partial charge in [-0.05, 0) is 38.4 Å². The molecule has 1 aromatic heterocycles. The van der Waals surface area contributed by atoms with E-state index >= 15 is 0 Å². The monoisotopic (exact) mass is 292 g/mol. The molecule has 21 heavy (non-hydrogen) atoms. The van der Waals surface area contributed by atoms with Crippen molar-refractivity contribution in [3.63, 3.8) is 0 Å². The Balaban J connectivity index is 1.77. The molecule has 3 heterocycles. The second-order valence-electron chi connectivity index (χ2n) is 6.82. The third-order valence-electron chi connectivity index (χ3n) is 5.16. The van der Waals surface area contributed by atoms with Crippen molar-refractivity contribution in [2.75, 3.05) is 33.2 Å². The predicted octanol–water partition coefficient (Wildman–Crippen LogP) is -0.388. The minimum Gasteiger partial charge on any atom is -0.306 e. The topological polar surface area (TPSA) is 50.5 Å². The second kappa shape index (κ2) is 5.10. The smallest absolute Gasteiger partial charge is 0.306 e. The second-order valence-corrected chi connectivity index (χ2v) is 6.82. The van der Waals surface area contributed by atoms with Crippen molar-refractivity contribution < 1.29 is 0 Å². The molecule has 0 saturated carbocycles. The summed E-state index contributed by atoms with van der Waals surface area (Å²) >= 11 is 0. The van der Waals surface area contributed by atoms with Crippen molar-refractivity contribution in [2.24, 2.45) is 19.5 Å². The molecule has 6 nitrogen and oxygen atoms in total. The first-order valence-corrected chi connectivity index (χ1v) is 7.57. The van der Waals surface area contributed by atoms with Gasteiger partial charge in [0, 0.05) is 45.5 Å². The molecule has 1 atom stereocenters. The standard InChI is InChI=1S/C15H24N4O2/c1-16-6-4-15(10-16)5-7-19(11-15)9-12-8-13(20)18(3)14(21)17(12)2/h8H,4-7,9-11H2,1-3H3/t15-/m0/s1. The third kappa shape index (κ3) is 2.58. The van der Waals surface area contributed by atoms with Crippen molar-refractivity contribution in [1.82, 2.24) is 18.9 Å². The Bertz CT molecular complexity index is 663. The number of hydrogen-bond donors (Lipinski definition) is 0. The minimum atomic E-state index is -0.244. The van der Waals surface area contributed by atoms with Crippen LogP contribution in [0.25, 0.3) is 0 Å². The largest absolute Gasteiger partial charge is 0.330 e. The van der Waals surface area contributed by atoms with Gasteiger partial charge in [0.1, 0.15) is 0 Å². The Hall–Kier alpha value is -1.40. The molecule has 0 amide bonds. The number of nitrogens with zero attached hydrogens (tertiary/aromatic N) is 4. The van der Waals surface area contributed by atoms with Crippen LogP contribution in [0.3, 0.4) is 0 Å². The molecule has 116 valence electrons. The van der Waals surface area contributed by atoms with Gasteiger partial charge in [-0.15, -0.1) is 0 Å². The van der Waals surface area contributed by atoms with E-state index in [9.17, 15) is 9.59 Å². The summed E-state index contributed by atoms with van der Waals surface area (Å²) < 4.78 is 2.74. The van der Waals surface area contributed by atoms with E-state index in [1.165, 1.54) is 33.0 Å². The minimum absolute atomic E-state index is 0.220. The molecule has 0 N–H and O–H groups in total. The van der Waals surface area contributed by atoms with Crippen LogP contribution in [0.5, 0.6) is 0 Å². The summed E-state index contributed by atoms with van der Waals surface area (Å²) in [7, 11) is 5.45. The SMILES string of the molecule is CN1CC[C@]2(CCN(Cc3cc(=O)n(C)c(=O)n3C)C2)C1. The molecule has 6 heteroatoms. The molecular weight excluding hydrogens is 268 g/mol.